The van der Waals surface area contributed by atoms with Gasteiger partial charge in [0.2, 0.25) is 0 Å². The van der Waals surface area contributed by atoms with Crippen molar-refractivity contribution >= 4 is 0 Å². The van der Waals surface area contributed by atoms with Crippen LogP contribution in [0.15, 0.2) is 11.6 Å². The third-order valence-corrected chi connectivity index (χ3v) is 7.14. The SMILES string of the molecule is [2H]C([2H])([2H])CNC1CC(C)NC(NC2CC3CCOC3C(C3=CCN(C)CCC3)C2F)N1. The van der Waals surface area contributed by atoms with E-state index in [0.29, 0.717) is 5.92 Å². The second-order valence-corrected chi connectivity index (χ2v) is 9.34. The molecule has 6 nitrogen and oxygen atoms in total. The largest absolute Gasteiger partial charge is 0.377 e. The molecular formula is C22H40FN5O. The van der Waals surface area contributed by atoms with Crippen molar-refractivity contribution in [1.82, 2.24) is 26.2 Å². The van der Waals surface area contributed by atoms with E-state index in [2.05, 4.69) is 46.2 Å². The smallest absolute Gasteiger partial charge is 0.124 e. The molecule has 0 radical (unpaired) electrons. The number of hydrogen-bond acceptors (Lipinski definition) is 6. The third kappa shape index (κ3) is 5.02. The Morgan fingerprint density at radius 2 is 2.28 bits per heavy atom. The van der Waals surface area contributed by atoms with E-state index in [4.69, 9.17) is 8.85 Å². The summed E-state index contributed by atoms with van der Waals surface area (Å²) in [5.41, 5.74) is 1.22. The summed E-state index contributed by atoms with van der Waals surface area (Å²) >= 11 is 0. The van der Waals surface area contributed by atoms with Gasteiger partial charge in [0.25, 0.3) is 0 Å². The molecule has 0 aromatic rings. The Balaban J connectivity index is 1.43. The molecule has 166 valence electrons. The Labute approximate surface area is 179 Å². The van der Waals surface area contributed by atoms with E-state index in [9.17, 15) is 0 Å². The van der Waals surface area contributed by atoms with Gasteiger partial charge in [-0.2, -0.15) is 0 Å². The first kappa shape index (κ1) is 18.0. The molecule has 0 aromatic carbocycles. The van der Waals surface area contributed by atoms with Gasteiger partial charge >= 0.3 is 0 Å². The molecular weight excluding hydrogens is 369 g/mol. The molecule has 7 heteroatoms. The van der Waals surface area contributed by atoms with Crippen LogP contribution in [0, 0.1) is 11.8 Å². The standard InChI is InChI=1S/C22H40FN5O/c1-4-24-18-12-14(2)25-22(27-18)26-17-13-16-8-11-29-21(16)19(20(17)23)15-6-5-9-28(3)10-7-15/h7,14,16-22,24-27H,4-6,8-13H2,1-3H3/i1D3. The highest BCUT2D eigenvalue weighted by molar-refractivity contribution is 5.18. The number of nitrogens with zero attached hydrogens (tertiary/aromatic N) is 1. The maximum Gasteiger partial charge on any atom is 0.124 e. The maximum absolute atomic E-state index is 16.1. The molecule has 8 atom stereocenters. The van der Waals surface area contributed by atoms with Gasteiger partial charge < -0.3 is 15.0 Å². The van der Waals surface area contributed by atoms with Crippen LogP contribution in [-0.2, 0) is 4.74 Å². The molecule has 3 aliphatic heterocycles. The van der Waals surface area contributed by atoms with E-state index < -0.39 is 13.0 Å². The first-order valence-electron chi connectivity index (χ1n) is 12.8. The minimum absolute atomic E-state index is 0.0161. The lowest BCUT2D eigenvalue weighted by atomic mass is 9.71. The molecule has 29 heavy (non-hydrogen) atoms. The zero-order chi connectivity index (χ0) is 22.9. The number of nitrogens with one attached hydrogen (secondary N) is 4. The fraction of sp³-hybridized carbons (Fsp3) is 0.909. The molecule has 0 amide bonds. The number of ether oxygens (including phenoxy) is 1. The van der Waals surface area contributed by atoms with Gasteiger partial charge in [-0.05, 0) is 65.1 Å². The molecule has 4 rings (SSSR count). The second-order valence-electron chi connectivity index (χ2n) is 9.34. The minimum atomic E-state index is -2.02. The van der Waals surface area contributed by atoms with Crippen LogP contribution in [0.1, 0.15) is 50.0 Å². The van der Waals surface area contributed by atoms with Crippen LogP contribution in [-0.4, -0.2) is 75.0 Å². The van der Waals surface area contributed by atoms with Crippen LogP contribution in [0.4, 0.5) is 4.39 Å². The zero-order valence-corrected chi connectivity index (χ0v) is 17.8. The topological polar surface area (TPSA) is 60.6 Å². The molecule has 0 spiro atoms. The van der Waals surface area contributed by atoms with Crippen molar-refractivity contribution in [2.24, 2.45) is 11.8 Å². The Hall–Kier alpha value is -0.570. The van der Waals surface area contributed by atoms with E-state index in [1.165, 1.54) is 5.57 Å². The Morgan fingerprint density at radius 1 is 1.38 bits per heavy atom. The van der Waals surface area contributed by atoms with Crippen molar-refractivity contribution in [3.63, 3.8) is 0 Å². The summed E-state index contributed by atoms with van der Waals surface area (Å²) in [6, 6.07) is -0.0913. The first-order chi connectivity index (χ1) is 15.2. The Bertz CT molecular complexity index is 666. The predicted molar refractivity (Wildman–Crippen MR) is 114 cm³/mol. The van der Waals surface area contributed by atoms with Gasteiger partial charge in [0.1, 0.15) is 12.5 Å². The number of alkyl halides is 1. The summed E-state index contributed by atoms with van der Waals surface area (Å²) < 4.78 is 44.5. The van der Waals surface area contributed by atoms with Crippen molar-refractivity contribution in [3.05, 3.63) is 11.6 Å². The highest BCUT2D eigenvalue weighted by atomic mass is 19.1. The van der Waals surface area contributed by atoms with Gasteiger partial charge in [-0.15, -0.1) is 0 Å². The highest BCUT2D eigenvalue weighted by Gasteiger charge is 2.49. The molecule has 1 aliphatic carbocycles. The lowest BCUT2D eigenvalue weighted by Gasteiger charge is -2.45. The molecule has 4 N–H and O–H groups in total. The van der Waals surface area contributed by atoms with Gasteiger partial charge in [0.05, 0.1) is 12.3 Å². The van der Waals surface area contributed by atoms with Crippen LogP contribution >= 0.6 is 0 Å². The number of halogens is 1. The lowest BCUT2D eigenvalue weighted by Crippen LogP contribution is -2.69. The van der Waals surface area contributed by atoms with Crippen molar-refractivity contribution < 1.29 is 13.2 Å². The van der Waals surface area contributed by atoms with Crippen molar-refractivity contribution in [1.29, 1.82) is 0 Å². The highest BCUT2D eigenvalue weighted by Crippen LogP contribution is 2.44. The summed E-state index contributed by atoms with van der Waals surface area (Å²) in [5, 5.41) is 13.4. The monoisotopic (exact) mass is 412 g/mol. The van der Waals surface area contributed by atoms with Gasteiger partial charge in [-0.1, -0.05) is 18.5 Å². The van der Waals surface area contributed by atoms with Crippen LogP contribution < -0.4 is 21.3 Å². The number of fused-ring (bicyclic) bond motifs is 1. The Morgan fingerprint density at radius 3 is 3.14 bits per heavy atom. The summed E-state index contributed by atoms with van der Waals surface area (Å²) in [4.78, 5) is 2.29. The van der Waals surface area contributed by atoms with E-state index >= 15 is 4.39 Å². The minimum Gasteiger partial charge on any atom is -0.377 e. The molecule has 3 heterocycles. The molecule has 3 fully saturated rings. The second kappa shape index (κ2) is 9.71. The average Bonchev–Trinajstić information content (AvgIpc) is 3.06. The van der Waals surface area contributed by atoms with E-state index in [1.54, 1.807) is 0 Å². The maximum atomic E-state index is 16.1. The number of rotatable bonds is 5. The summed E-state index contributed by atoms with van der Waals surface area (Å²) in [7, 11) is 2.12. The van der Waals surface area contributed by atoms with E-state index in [1.807, 2.05) is 0 Å². The first-order valence-corrected chi connectivity index (χ1v) is 11.3. The molecule has 8 unspecified atom stereocenters. The van der Waals surface area contributed by atoms with Crippen molar-refractivity contribution in [3.8, 4) is 0 Å². The van der Waals surface area contributed by atoms with E-state index in [-0.39, 0.29) is 43.1 Å². The summed E-state index contributed by atoms with van der Waals surface area (Å²) in [5.74, 6) is 0.183. The predicted octanol–water partition coefficient (Wildman–Crippen LogP) is 1.55. The van der Waals surface area contributed by atoms with E-state index in [0.717, 1.165) is 51.8 Å². The van der Waals surface area contributed by atoms with Crippen molar-refractivity contribution in [2.75, 3.05) is 33.3 Å². The third-order valence-electron chi connectivity index (χ3n) is 7.14. The molecule has 4 aliphatic rings. The summed E-state index contributed by atoms with van der Waals surface area (Å²) in [6.07, 6.45) is 5.30. The lowest BCUT2D eigenvalue weighted by molar-refractivity contribution is -0.0262. The van der Waals surface area contributed by atoms with Crippen LogP contribution in [0.3, 0.4) is 0 Å². The Kier molecular flexibility index (Phi) is 6.04. The normalized spacial score (nSPS) is 46.2. The van der Waals surface area contributed by atoms with Crippen molar-refractivity contribution in [2.45, 2.75) is 82.7 Å². The van der Waals surface area contributed by atoms with Crippen LogP contribution in [0.25, 0.3) is 0 Å². The fourth-order valence-corrected chi connectivity index (χ4v) is 5.69. The van der Waals surface area contributed by atoms with Gasteiger partial charge in [0, 0.05) is 35.3 Å². The molecule has 1 saturated carbocycles. The van der Waals surface area contributed by atoms with Gasteiger partial charge in [0.15, 0.2) is 0 Å². The molecule has 2 saturated heterocycles. The van der Waals surface area contributed by atoms with Crippen LogP contribution in [0.2, 0.25) is 0 Å². The zero-order valence-electron chi connectivity index (χ0n) is 20.8. The number of hydrogen-bond donors (Lipinski definition) is 4. The fourth-order valence-electron chi connectivity index (χ4n) is 5.69. The van der Waals surface area contributed by atoms with Crippen LogP contribution in [0.5, 0.6) is 0 Å². The number of likely N-dealkylation sites (N-methyl/N-ethyl adjacent to an activating group) is 1. The summed E-state index contributed by atoms with van der Waals surface area (Å²) in [6.45, 7) is 2.63. The quantitative estimate of drug-likeness (QED) is 0.514. The average molecular weight is 413 g/mol. The van der Waals surface area contributed by atoms with Gasteiger partial charge in [-0.3, -0.25) is 16.0 Å². The van der Waals surface area contributed by atoms with Gasteiger partial charge in [-0.25, -0.2) is 4.39 Å². The molecule has 0 bridgehead atoms. The molecule has 0 aromatic heterocycles.